The number of imidazole rings is 1. The van der Waals surface area contributed by atoms with Gasteiger partial charge in [0.25, 0.3) is 0 Å². The molecule has 2 heterocycles. The van der Waals surface area contributed by atoms with Crippen LogP contribution in [-0.2, 0) is 16.4 Å². The summed E-state index contributed by atoms with van der Waals surface area (Å²) < 4.78 is 27.2. The van der Waals surface area contributed by atoms with Gasteiger partial charge in [0.15, 0.2) is 15.7 Å². The summed E-state index contributed by atoms with van der Waals surface area (Å²) in [6.07, 6.45) is 2.15. The highest BCUT2D eigenvalue weighted by atomic mass is 35.5. The Morgan fingerprint density at radius 2 is 1.79 bits per heavy atom. The zero-order chi connectivity index (χ0) is 21.3. The van der Waals surface area contributed by atoms with E-state index in [0.717, 1.165) is 47.5 Å². The largest absolute Gasteiger partial charge is 0.382 e. The van der Waals surface area contributed by atoms with Crippen molar-refractivity contribution in [2.24, 2.45) is 0 Å². The number of benzene rings is 1. The molecule has 9 heteroatoms. The lowest BCUT2D eigenvalue weighted by Gasteiger charge is -2.11. The lowest BCUT2D eigenvalue weighted by Crippen LogP contribution is -2.08. The second-order valence-corrected chi connectivity index (χ2v) is 10.1. The molecule has 0 saturated heterocycles. The van der Waals surface area contributed by atoms with Gasteiger partial charge in [-0.2, -0.15) is 0 Å². The minimum Gasteiger partial charge on any atom is -0.382 e. The van der Waals surface area contributed by atoms with Crippen LogP contribution in [0.2, 0.25) is 10.0 Å². The summed E-state index contributed by atoms with van der Waals surface area (Å²) in [5.41, 5.74) is 9.73. The molecule has 0 unspecified atom stereocenters. The van der Waals surface area contributed by atoms with Crippen LogP contribution in [0.3, 0.4) is 0 Å². The molecule has 1 aromatic carbocycles. The van der Waals surface area contributed by atoms with Crippen LogP contribution in [0.25, 0.3) is 11.0 Å². The monoisotopic (exact) mass is 454 g/mol. The van der Waals surface area contributed by atoms with Gasteiger partial charge in [-0.3, -0.25) is 0 Å². The molecule has 29 heavy (non-hydrogen) atoms. The summed E-state index contributed by atoms with van der Waals surface area (Å²) in [7, 11) is -3.44. The first kappa shape index (κ1) is 21.9. The molecular formula is C20H24Cl2N4O2S. The average Bonchev–Trinajstić information content (AvgIpc) is 2.96. The molecule has 3 aromatic rings. The molecule has 3 rings (SSSR count). The molecular weight excluding hydrogens is 431 g/mol. The summed E-state index contributed by atoms with van der Waals surface area (Å²) in [4.78, 5) is 9.05. The fourth-order valence-corrected chi connectivity index (χ4v) is 5.66. The number of fused-ring (bicyclic) bond motifs is 1. The number of nitrogens with zero attached hydrogens (tertiary/aromatic N) is 3. The van der Waals surface area contributed by atoms with Gasteiger partial charge in [-0.05, 0) is 57.4 Å². The number of aromatic nitrogens is 3. The number of anilines is 1. The number of nitrogens with two attached hydrogens (primary N) is 1. The topological polar surface area (TPSA) is 90.9 Å². The Kier molecular flexibility index (Phi) is 6.41. The third kappa shape index (κ3) is 4.52. The fraction of sp³-hybridized carbons (Fsp3) is 0.400. The van der Waals surface area contributed by atoms with Gasteiger partial charge in [0.2, 0.25) is 0 Å². The van der Waals surface area contributed by atoms with E-state index in [9.17, 15) is 8.42 Å². The maximum Gasteiger partial charge on any atom is 0.179 e. The van der Waals surface area contributed by atoms with Crippen molar-refractivity contribution >= 4 is 49.9 Å². The zero-order valence-corrected chi connectivity index (χ0v) is 19.0. The number of rotatable bonds is 7. The Bertz CT molecular complexity index is 1170. The molecule has 6 nitrogen and oxygen atoms in total. The van der Waals surface area contributed by atoms with Crippen molar-refractivity contribution in [1.82, 2.24) is 14.5 Å². The maximum absolute atomic E-state index is 12.5. The molecule has 0 spiro atoms. The number of hydrogen-bond donors (Lipinski definition) is 1. The summed E-state index contributed by atoms with van der Waals surface area (Å²) >= 11 is 11.9. The second kappa shape index (κ2) is 8.50. The third-order valence-corrected chi connectivity index (χ3v) is 7.62. The van der Waals surface area contributed by atoms with E-state index in [4.69, 9.17) is 28.9 Å². The summed E-state index contributed by atoms with van der Waals surface area (Å²) in [6, 6.07) is 4.45. The Labute approximate surface area is 181 Å². The van der Waals surface area contributed by atoms with E-state index in [-0.39, 0.29) is 15.7 Å². The molecule has 2 aromatic heterocycles. The van der Waals surface area contributed by atoms with Gasteiger partial charge >= 0.3 is 0 Å². The van der Waals surface area contributed by atoms with Crippen LogP contribution in [-0.4, -0.2) is 28.7 Å². The summed E-state index contributed by atoms with van der Waals surface area (Å²) in [5.74, 6) is 1.37. The average molecular weight is 455 g/mol. The third-order valence-electron chi connectivity index (χ3n) is 5.11. The molecule has 0 aliphatic carbocycles. The van der Waals surface area contributed by atoms with Crippen molar-refractivity contribution in [2.75, 3.05) is 11.5 Å². The van der Waals surface area contributed by atoms with E-state index >= 15 is 0 Å². The predicted octanol–water partition coefficient (Wildman–Crippen LogP) is 4.89. The van der Waals surface area contributed by atoms with Gasteiger partial charge in [0.1, 0.15) is 11.3 Å². The van der Waals surface area contributed by atoms with Crippen molar-refractivity contribution in [3.63, 3.8) is 0 Å². The molecule has 0 saturated carbocycles. The second-order valence-electron chi connectivity index (χ2n) is 7.17. The Balaban J connectivity index is 1.65. The molecule has 0 fully saturated rings. The number of nitrogen functional groups attached to an aromatic ring is 1. The van der Waals surface area contributed by atoms with Crippen molar-refractivity contribution in [1.29, 1.82) is 0 Å². The van der Waals surface area contributed by atoms with Crippen LogP contribution < -0.4 is 5.73 Å². The lowest BCUT2D eigenvalue weighted by atomic mass is 10.2. The van der Waals surface area contributed by atoms with E-state index in [0.29, 0.717) is 17.3 Å². The van der Waals surface area contributed by atoms with E-state index in [2.05, 4.69) is 14.5 Å². The van der Waals surface area contributed by atoms with Crippen LogP contribution in [0.1, 0.15) is 36.3 Å². The zero-order valence-electron chi connectivity index (χ0n) is 16.7. The molecule has 0 radical (unpaired) electrons. The smallest absolute Gasteiger partial charge is 0.179 e. The molecule has 0 bridgehead atoms. The van der Waals surface area contributed by atoms with Gasteiger partial charge in [0, 0.05) is 17.3 Å². The van der Waals surface area contributed by atoms with Crippen LogP contribution in [0.15, 0.2) is 23.1 Å². The van der Waals surface area contributed by atoms with Crippen molar-refractivity contribution in [3.8, 4) is 0 Å². The van der Waals surface area contributed by atoms with Crippen molar-refractivity contribution in [3.05, 3.63) is 45.3 Å². The standard InChI is InChI=1S/C20H24Cl2N4O2S/c1-12-13(2)24-20(23)18-19(12)26(14(3)25-18)9-5-4-6-10-29(27,28)17-8-7-15(21)11-16(17)22/h7-8,11H,4-6,9-10H2,1-3H3,(H2,23,24). The number of pyridine rings is 1. The van der Waals surface area contributed by atoms with Crippen LogP contribution in [0, 0.1) is 20.8 Å². The van der Waals surface area contributed by atoms with Gasteiger partial charge < -0.3 is 10.3 Å². The molecule has 0 aliphatic rings. The quantitative estimate of drug-likeness (QED) is 0.513. The van der Waals surface area contributed by atoms with Crippen LogP contribution in [0.4, 0.5) is 5.82 Å². The normalized spacial score (nSPS) is 12.0. The molecule has 0 amide bonds. The molecule has 0 atom stereocenters. The number of sulfone groups is 1. The van der Waals surface area contributed by atoms with Crippen LogP contribution in [0.5, 0.6) is 0 Å². The fourth-order valence-electron chi connectivity index (χ4n) is 3.46. The summed E-state index contributed by atoms with van der Waals surface area (Å²) in [5, 5.41) is 0.577. The molecule has 2 N–H and O–H groups in total. The van der Waals surface area contributed by atoms with E-state index in [1.165, 1.54) is 18.2 Å². The number of halogens is 2. The van der Waals surface area contributed by atoms with E-state index in [1.54, 1.807) is 0 Å². The first-order valence-electron chi connectivity index (χ1n) is 9.39. The number of unbranched alkanes of at least 4 members (excludes halogenated alkanes) is 2. The molecule has 0 aliphatic heterocycles. The molecule has 156 valence electrons. The highest BCUT2D eigenvalue weighted by molar-refractivity contribution is 7.91. The minimum absolute atomic E-state index is 0.0486. The highest BCUT2D eigenvalue weighted by Gasteiger charge is 2.18. The first-order valence-corrected chi connectivity index (χ1v) is 11.8. The van der Waals surface area contributed by atoms with Gasteiger partial charge in [-0.25, -0.2) is 18.4 Å². The van der Waals surface area contributed by atoms with E-state index in [1.807, 2.05) is 20.8 Å². The first-order chi connectivity index (χ1) is 13.6. The highest BCUT2D eigenvalue weighted by Crippen LogP contribution is 2.28. The summed E-state index contributed by atoms with van der Waals surface area (Å²) in [6.45, 7) is 6.64. The Morgan fingerprint density at radius 3 is 2.48 bits per heavy atom. The van der Waals surface area contributed by atoms with Crippen LogP contribution >= 0.6 is 23.2 Å². The van der Waals surface area contributed by atoms with Gasteiger partial charge in [0.05, 0.1) is 21.2 Å². The minimum atomic E-state index is -3.44. The van der Waals surface area contributed by atoms with Gasteiger partial charge in [-0.1, -0.05) is 29.6 Å². The predicted molar refractivity (Wildman–Crippen MR) is 119 cm³/mol. The number of aryl methyl sites for hydroxylation is 4. The van der Waals surface area contributed by atoms with Crippen molar-refractivity contribution in [2.45, 2.75) is 51.5 Å². The van der Waals surface area contributed by atoms with E-state index < -0.39 is 9.84 Å². The SMILES string of the molecule is Cc1nc(N)c2nc(C)n(CCCCCS(=O)(=O)c3ccc(Cl)cc3Cl)c2c1C. The lowest BCUT2D eigenvalue weighted by molar-refractivity contribution is 0.577. The van der Waals surface area contributed by atoms with Gasteiger partial charge in [-0.15, -0.1) is 0 Å². The Morgan fingerprint density at radius 1 is 1.07 bits per heavy atom. The van der Waals surface area contributed by atoms with Crippen molar-refractivity contribution < 1.29 is 8.42 Å². The maximum atomic E-state index is 12.5. The number of hydrogen-bond acceptors (Lipinski definition) is 5. The Hall–Kier alpha value is -1.83.